The molecule has 1 saturated heterocycles. The van der Waals surface area contributed by atoms with Crippen molar-refractivity contribution in [2.45, 2.75) is 26.2 Å². The van der Waals surface area contributed by atoms with Crippen LogP contribution in [0, 0.1) is 6.92 Å². The first-order valence-corrected chi connectivity index (χ1v) is 5.64. The van der Waals surface area contributed by atoms with Crippen molar-refractivity contribution in [3.63, 3.8) is 0 Å². The van der Waals surface area contributed by atoms with Gasteiger partial charge in [0.05, 0.1) is 11.4 Å². The first-order valence-electron chi connectivity index (χ1n) is 5.64. The first kappa shape index (κ1) is 10.3. The number of hydrogen-bond donors (Lipinski definition) is 2. The topological polar surface area (TPSA) is 41.3 Å². The van der Waals surface area contributed by atoms with Gasteiger partial charge in [-0.15, -0.1) is 0 Å². The Morgan fingerprint density at radius 2 is 1.93 bits per heavy atom. The molecule has 1 heterocycles. The van der Waals surface area contributed by atoms with E-state index < -0.39 is 0 Å². The highest BCUT2D eigenvalue weighted by molar-refractivity contribution is 5.69. The summed E-state index contributed by atoms with van der Waals surface area (Å²) < 4.78 is 0. The average Bonchev–Trinajstić information content (AvgIpc) is 2.26. The summed E-state index contributed by atoms with van der Waals surface area (Å²) in [4.78, 5) is 0. The van der Waals surface area contributed by atoms with E-state index in [1.54, 1.807) is 0 Å². The maximum absolute atomic E-state index is 6.01. The van der Waals surface area contributed by atoms with E-state index in [0.29, 0.717) is 0 Å². The zero-order valence-corrected chi connectivity index (χ0v) is 9.29. The van der Waals surface area contributed by atoms with Crippen LogP contribution in [0.2, 0.25) is 0 Å². The molecule has 15 heavy (non-hydrogen) atoms. The molecule has 3 nitrogen and oxygen atoms in total. The number of hydrogen-bond acceptors (Lipinski definition) is 3. The van der Waals surface area contributed by atoms with Gasteiger partial charge in [-0.2, -0.15) is 0 Å². The average molecular weight is 205 g/mol. The summed E-state index contributed by atoms with van der Waals surface area (Å²) >= 11 is 0. The molecule has 82 valence electrons. The summed E-state index contributed by atoms with van der Waals surface area (Å²) in [5.74, 6) is 0. The predicted molar refractivity (Wildman–Crippen MR) is 64.6 cm³/mol. The third-order valence-corrected chi connectivity index (χ3v) is 2.96. The van der Waals surface area contributed by atoms with Crippen LogP contribution in [0.15, 0.2) is 18.2 Å². The van der Waals surface area contributed by atoms with Crippen LogP contribution >= 0.6 is 0 Å². The van der Waals surface area contributed by atoms with Crippen molar-refractivity contribution >= 4 is 11.4 Å². The number of nitrogens with one attached hydrogen (secondary N) is 1. The van der Waals surface area contributed by atoms with Crippen LogP contribution in [0.1, 0.15) is 24.8 Å². The summed E-state index contributed by atoms with van der Waals surface area (Å²) in [7, 11) is 0. The van der Waals surface area contributed by atoms with Gasteiger partial charge in [-0.1, -0.05) is 18.6 Å². The second-order valence-corrected chi connectivity index (χ2v) is 4.20. The molecule has 0 unspecified atom stereocenters. The molecule has 3 N–H and O–H groups in total. The standard InChI is InChI=1S/C12H19N3/c1-10-6-5-7-11(12(10)13)14-15-8-3-2-4-9-15/h5-7,14H,2-4,8-9,13H2,1H3. The van der Waals surface area contributed by atoms with Crippen molar-refractivity contribution in [3.8, 4) is 0 Å². The fourth-order valence-electron chi connectivity index (χ4n) is 1.95. The zero-order valence-electron chi connectivity index (χ0n) is 9.29. The van der Waals surface area contributed by atoms with E-state index >= 15 is 0 Å². The molecule has 0 radical (unpaired) electrons. The predicted octanol–water partition coefficient (Wildman–Crippen LogP) is 2.39. The fraction of sp³-hybridized carbons (Fsp3) is 0.500. The number of hydrazine groups is 1. The maximum atomic E-state index is 6.01. The third kappa shape index (κ3) is 2.42. The Bertz CT molecular complexity index is 330. The number of aryl methyl sites for hydroxylation is 1. The highest BCUT2D eigenvalue weighted by atomic mass is 15.5. The van der Waals surface area contributed by atoms with Gasteiger partial charge in [0.1, 0.15) is 0 Å². The molecule has 2 rings (SSSR count). The van der Waals surface area contributed by atoms with E-state index in [0.717, 1.165) is 30.0 Å². The molecular formula is C12H19N3. The van der Waals surface area contributed by atoms with Gasteiger partial charge >= 0.3 is 0 Å². The molecular weight excluding hydrogens is 186 g/mol. The molecule has 0 amide bonds. The Kier molecular flexibility index (Phi) is 3.11. The van der Waals surface area contributed by atoms with Crippen molar-refractivity contribution in [2.75, 3.05) is 24.2 Å². The Morgan fingerprint density at radius 3 is 2.67 bits per heavy atom. The number of piperidine rings is 1. The normalized spacial score (nSPS) is 17.7. The van der Waals surface area contributed by atoms with E-state index in [2.05, 4.69) is 10.4 Å². The lowest BCUT2D eigenvalue weighted by atomic mass is 10.1. The Hall–Kier alpha value is -1.22. The van der Waals surface area contributed by atoms with E-state index in [-0.39, 0.29) is 0 Å². The van der Waals surface area contributed by atoms with E-state index in [1.165, 1.54) is 19.3 Å². The van der Waals surface area contributed by atoms with Crippen LogP contribution in [-0.2, 0) is 0 Å². The van der Waals surface area contributed by atoms with Crippen molar-refractivity contribution in [1.82, 2.24) is 5.01 Å². The molecule has 0 bridgehead atoms. The molecule has 0 aliphatic carbocycles. The van der Waals surface area contributed by atoms with E-state index in [9.17, 15) is 0 Å². The highest BCUT2D eigenvalue weighted by Gasteiger charge is 2.11. The van der Waals surface area contributed by atoms with Gasteiger partial charge in [-0.25, -0.2) is 5.01 Å². The van der Waals surface area contributed by atoms with Crippen LogP contribution in [-0.4, -0.2) is 18.1 Å². The number of benzene rings is 1. The van der Waals surface area contributed by atoms with Crippen molar-refractivity contribution in [1.29, 1.82) is 0 Å². The number of rotatable bonds is 2. The number of para-hydroxylation sites is 1. The van der Waals surface area contributed by atoms with Crippen LogP contribution in [0.25, 0.3) is 0 Å². The van der Waals surface area contributed by atoms with Gasteiger partial charge in [0.15, 0.2) is 0 Å². The molecule has 1 aliphatic heterocycles. The van der Waals surface area contributed by atoms with Crippen LogP contribution < -0.4 is 11.2 Å². The van der Waals surface area contributed by atoms with Gasteiger partial charge in [0, 0.05) is 13.1 Å². The molecule has 0 saturated carbocycles. The van der Waals surface area contributed by atoms with E-state index in [1.807, 2.05) is 25.1 Å². The van der Waals surface area contributed by atoms with Gasteiger partial charge < -0.3 is 11.2 Å². The Labute approximate surface area is 91.2 Å². The maximum Gasteiger partial charge on any atom is 0.0722 e. The van der Waals surface area contributed by atoms with Gasteiger partial charge in [-0.3, -0.25) is 0 Å². The SMILES string of the molecule is Cc1cccc(NN2CCCCC2)c1N. The third-order valence-electron chi connectivity index (χ3n) is 2.96. The lowest BCUT2D eigenvalue weighted by Crippen LogP contribution is -2.35. The number of nitrogens with zero attached hydrogens (tertiary/aromatic N) is 1. The molecule has 1 aliphatic rings. The molecule has 0 atom stereocenters. The second kappa shape index (κ2) is 4.53. The molecule has 1 aromatic carbocycles. The smallest absolute Gasteiger partial charge is 0.0722 e. The van der Waals surface area contributed by atoms with Gasteiger partial charge in [0.25, 0.3) is 0 Å². The van der Waals surface area contributed by atoms with Crippen LogP contribution in [0.4, 0.5) is 11.4 Å². The lowest BCUT2D eigenvalue weighted by molar-refractivity contribution is 0.273. The molecule has 0 spiro atoms. The van der Waals surface area contributed by atoms with Gasteiger partial charge in [0.2, 0.25) is 0 Å². The summed E-state index contributed by atoms with van der Waals surface area (Å²) in [6.07, 6.45) is 3.90. The number of anilines is 2. The summed E-state index contributed by atoms with van der Waals surface area (Å²) in [6.45, 7) is 4.28. The minimum atomic E-state index is 0.864. The summed E-state index contributed by atoms with van der Waals surface area (Å²) in [5, 5.41) is 2.26. The summed E-state index contributed by atoms with van der Waals surface area (Å²) in [5.41, 5.74) is 12.4. The van der Waals surface area contributed by atoms with Crippen molar-refractivity contribution in [3.05, 3.63) is 23.8 Å². The number of nitrogens with two attached hydrogens (primary N) is 1. The molecule has 3 heteroatoms. The van der Waals surface area contributed by atoms with E-state index in [4.69, 9.17) is 5.73 Å². The minimum absolute atomic E-state index is 0.864. The van der Waals surface area contributed by atoms with Crippen LogP contribution in [0.3, 0.4) is 0 Å². The Balaban J connectivity index is 2.06. The first-order chi connectivity index (χ1) is 7.27. The highest BCUT2D eigenvalue weighted by Crippen LogP contribution is 2.23. The monoisotopic (exact) mass is 205 g/mol. The fourth-order valence-corrected chi connectivity index (χ4v) is 1.95. The second-order valence-electron chi connectivity index (χ2n) is 4.20. The molecule has 1 fully saturated rings. The molecule has 0 aromatic heterocycles. The quantitative estimate of drug-likeness (QED) is 0.728. The number of nitrogen functional groups attached to an aromatic ring is 1. The Morgan fingerprint density at radius 1 is 1.20 bits per heavy atom. The largest absolute Gasteiger partial charge is 0.397 e. The van der Waals surface area contributed by atoms with Crippen molar-refractivity contribution < 1.29 is 0 Å². The zero-order chi connectivity index (χ0) is 10.7. The van der Waals surface area contributed by atoms with Gasteiger partial charge in [-0.05, 0) is 31.4 Å². The lowest BCUT2D eigenvalue weighted by Gasteiger charge is -2.28. The summed E-state index contributed by atoms with van der Waals surface area (Å²) in [6, 6.07) is 6.12. The minimum Gasteiger partial charge on any atom is -0.397 e. The molecule has 1 aromatic rings. The van der Waals surface area contributed by atoms with Crippen LogP contribution in [0.5, 0.6) is 0 Å². The van der Waals surface area contributed by atoms with Crippen molar-refractivity contribution in [2.24, 2.45) is 0 Å².